The van der Waals surface area contributed by atoms with Crippen LogP contribution in [0.2, 0.25) is 0 Å². The first kappa shape index (κ1) is 18.6. The van der Waals surface area contributed by atoms with Crippen molar-refractivity contribution in [2.45, 2.75) is 25.8 Å². The number of carbonyl (C=O) groups is 2. The van der Waals surface area contributed by atoms with Crippen LogP contribution in [0.25, 0.3) is 0 Å². The summed E-state index contributed by atoms with van der Waals surface area (Å²) in [5.74, 6) is 0.211. The van der Waals surface area contributed by atoms with Gasteiger partial charge < -0.3 is 9.80 Å². The van der Waals surface area contributed by atoms with Crippen molar-refractivity contribution in [1.82, 2.24) is 14.8 Å². The molecule has 2 amide bonds. The summed E-state index contributed by atoms with van der Waals surface area (Å²) in [5.41, 5.74) is 1.86. The molecule has 0 aliphatic carbocycles. The first-order chi connectivity index (χ1) is 13.5. The summed E-state index contributed by atoms with van der Waals surface area (Å²) in [7, 11) is 0. The maximum absolute atomic E-state index is 13.8. The molecule has 2 aromatic rings. The lowest BCUT2D eigenvalue weighted by atomic mass is 9.89. The van der Waals surface area contributed by atoms with Crippen molar-refractivity contribution >= 4 is 11.8 Å². The molecular formula is C22H24FN3O2. The molecule has 0 saturated carbocycles. The maximum Gasteiger partial charge on any atom is 0.222 e. The second-order valence-corrected chi connectivity index (χ2v) is 7.76. The normalized spacial score (nSPS) is 23.7. The van der Waals surface area contributed by atoms with Crippen LogP contribution in [0.15, 0.2) is 48.8 Å². The highest BCUT2D eigenvalue weighted by atomic mass is 19.1. The fraction of sp³-hybridized carbons (Fsp3) is 0.409. The van der Waals surface area contributed by atoms with Gasteiger partial charge in [-0.3, -0.25) is 14.6 Å². The van der Waals surface area contributed by atoms with E-state index in [1.807, 2.05) is 28.0 Å². The Morgan fingerprint density at radius 1 is 1.18 bits per heavy atom. The molecule has 5 nitrogen and oxygen atoms in total. The lowest BCUT2D eigenvalue weighted by Gasteiger charge is -2.29. The van der Waals surface area contributed by atoms with Gasteiger partial charge in [-0.15, -0.1) is 0 Å². The van der Waals surface area contributed by atoms with Crippen molar-refractivity contribution in [2.24, 2.45) is 11.8 Å². The van der Waals surface area contributed by atoms with Crippen molar-refractivity contribution in [3.05, 3.63) is 65.7 Å². The summed E-state index contributed by atoms with van der Waals surface area (Å²) in [6, 6.07) is 10.2. The second kappa shape index (κ2) is 7.70. The number of benzene rings is 1. The number of hydrogen-bond donors (Lipinski definition) is 0. The standard InChI is InChI=1S/C22H24FN3O2/c1-15(27)26-13-18-12-25(21(28)8-7-16-4-3-9-24-11-16)14-20(18)22(26)17-5-2-6-19(23)10-17/h2-6,9-11,18,20,22H,7-8,12-14H2,1H3/t18-,20-,22+/m1/s1. The third-order valence-corrected chi connectivity index (χ3v) is 5.96. The molecule has 0 unspecified atom stereocenters. The van der Waals surface area contributed by atoms with Crippen LogP contribution in [0.5, 0.6) is 0 Å². The van der Waals surface area contributed by atoms with E-state index in [0.29, 0.717) is 32.5 Å². The van der Waals surface area contributed by atoms with Gasteiger partial charge in [-0.1, -0.05) is 18.2 Å². The molecule has 0 radical (unpaired) electrons. The van der Waals surface area contributed by atoms with Gasteiger partial charge in [0.15, 0.2) is 0 Å². The Morgan fingerprint density at radius 2 is 2.04 bits per heavy atom. The molecular weight excluding hydrogens is 357 g/mol. The van der Waals surface area contributed by atoms with E-state index in [-0.39, 0.29) is 35.5 Å². The SMILES string of the molecule is CC(=O)N1C[C@H]2CN(C(=O)CCc3cccnc3)C[C@H]2[C@@H]1c1cccc(F)c1. The van der Waals surface area contributed by atoms with Gasteiger partial charge in [-0.05, 0) is 35.7 Å². The minimum Gasteiger partial charge on any atom is -0.342 e. The number of halogens is 1. The molecule has 3 atom stereocenters. The van der Waals surface area contributed by atoms with E-state index in [1.165, 1.54) is 12.1 Å². The van der Waals surface area contributed by atoms with Crippen LogP contribution >= 0.6 is 0 Å². The number of hydrogen-bond acceptors (Lipinski definition) is 3. The first-order valence-electron chi connectivity index (χ1n) is 9.72. The number of carbonyl (C=O) groups excluding carboxylic acids is 2. The molecule has 2 aliphatic rings. The summed E-state index contributed by atoms with van der Waals surface area (Å²) in [6.45, 7) is 3.45. The Morgan fingerprint density at radius 3 is 2.75 bits per heavy atom. The lowest BCUT2D eigenvalue weighted by Crippen LogP contribution is -2.36. The highest BCUT2D eigenvalue weighted by Gasteiger charge is 2.49. The molecule has 0 spiro atoms. The van der Waals surface area contributed by atoms with Gasteiger partial charge in [0, 0.05) is 57.2 Å². The lowest BCUT2D eigenvalue weighted by molar-refractivity contribution is -0.131. The average molecular weight is 381 g/mol. The summed E-state index contributed by atoms with van der Waals surface area (Å²) in [6.07, 6.45) is 4.63. The Kier molecular flexibility index (Phi) is 5.11. The first-order valence-corrected chi connectivity index (χ1v) is 9.72. The van der Waals surface area contributed by atoms with Crippen LogP contribution in [0, 0.1) is 17.7 Å². The van der Waals surface area contributed by atoms with Crippen molar-refractivity contribution in [3.63, 3.8) is 0 Å². The number of aryl methyl sites for hydroxylation is 1. The Bertz CT molecular complexity index is 873. The zero-order valence-corrected chi connectivity index (χ0v) is 15.9. The average Bonchev–Trinajstić information content (AvgIpc) is 3.25. The molecule has 6 heteroatoms. The van der Waals surface area contributed by atoms with Crippen LogP contribution < -0.4 is 0 Å². The van der Waals surface area contributed by atoms with Crippen LogP contribution in [-0.2, 0) is 16.0 Å². The number of rotatable bonds is 4. The molecule has 4 rings (SSSR count). The quantitative estimate of drug-likeness (QED) is 0.818. The zero-order chi connectivity index (χ0) is 19.7. The second-order valence-electron chi connectivity index (χ2n) is 7.76. The van der Waals surface area contributed by atoms with E-state index in [2.05, 4.69) is 4.98 Å². The van der Waals surface area contributed by atoms with Gasteiger partial charge in [0.2, 0.25) is 11.8 Å². The van der Waals surface area contributed by atoms with E-state index in [9.17, 15) is 14.0 Å². The Hall–Kier alpha value is -2.76. The fourth-order valence-electron chi connectivity index (χ4n) is 4.65. The van der Waals surface area contributed by atoms with Gasteiger partial charge in [0.25, 0.3) is 0 Å². The van der Waals surface area contributed by atoms with Gasteiger partial charge in [0.1, 0.15) is 5.82 Å². The van der Waals surface area contributed by atoms with E-state index < -0.39 is 0 Å². The molecule has 2 aliphatic heterocycles. The third kappa shape index (κ3) is 3.63. The van der Waals surface area contributed by atoms with E-state index in [0.717, 1.165) is 11.1 Å². The van der Waals surface area contributed by atoms with Crippen LogP contribution in [0.4, 0.5) is 4.39 Å². The summed E-state index contributed by atoms with van der Waals surface area (Å²) >= 11 is 0. The molecule has 1 aromatic carbocycles. The predicted octanol–water partition coefficient (Wildman–Crippen LogP) is 2.83. The number of nitrogens with zero attached hydrogens (tertiary/aromatic N) is 3. The minimum atomic E-state index is -0.299. The maximum atomic E-state index is 13.8. The highest BCUT2D eigenvalue weighted by Crippen LogP contribution is 2.45. The van der Waals surface area contributed by atoms with E-state index in [1.54, 1.807) is 25.4 Å². The van der Waals surface area contributed by atoms with Crippen LogP contribution in [0.1, 0.15) is 30.5 Å². The largest absolute Gasteiger partial charge is 0.342 e. The smallest absolute Gasteiger partial charge is 0.222 e. The predicted molar refractivity (Wildman–Crippen MR) is 103 cm³/mol. The van der Waals surface area contributed by atoms with E-state index in [4.69, 9.17) is 0 Å². The summed E-state index contributed by atoms with van der Waals surface area (Å²) in [4.78, 5) is 32.7. The van der Waals surface area contributed by atoms with Crippen molar-refractivity contribution in [2.75, 3.05) is 19.6 Å². The monoisotopic (exact) mass is 381 g/mol. The number of aromatic nitrogens is 1. The topological polar surface area (TPSA) is 53.5 Å². The number of pyridine rings is 1. The summed E-state index contributed by atoms with van der Waals surface area (Å²) in [5, 5.41) is 0. The van der Waals surface area contributed by atoms with Gasteiger partial charge in [-0.2, -0.15) is 0 Å². The van der Waals surface area contributed by atoms with Crippen molar-refractivity contribution in [3.8, 4) is 0 Å². The van der Waals surface area contributed by atoms with Gasteiger partial charge in [0.05, 0.1) is 6.04 Å². The Balaban J connectivity index is 1.47. The minimum absolute atomic E-state index is 0.00175. The molecule has 0 bridgehead atoms. The fourth-order valence-corrected chi connectivity index (χ4v) is 4.65. The molecule has 28 heavy (non-hydrogen) atoms. The summed E-state index contributed by atoms with van der Waals surface area (Å²) < 4.78 is 13.8. The van der Waals surface area contributed by atoms with Gasteiger partial charge >= 0.3 is 0 Å². The zero-order valence-electron chi connectivity index (χ0n) is 15.9. The molecule has 146 valence electrons. The highest BCUT2D eigenvalue weighted by molar-refractivity contribution is 5.77. The molecule has 0 N–H and O–H groups in total. The molecule has 2 saturated heterocycles. The van der Waals surface area contributed by atoms with E-state index >= 15 is 0 Å². The number of fused-ring (bicyclic) bond motifs is 1. The van der Waals surface area contributed by atoms with Crippen LogP contribution in [0.3, 0.4) is 0 Å². The third-order valence-electron chi connectivity index (χ3n) is 5.96. The van der Waals surface area contributed by atoms with Crippen molar-refractivity contribution < 1.29 is 14.0 Å². The molecule has 2 fully saturated rings. The van der Waals surface area contributed by atoms with Crippen LogP contribution in [-0.4, -0.2) is 46.2 Å². The molecule has 1 aromatic heterocycles. The number of likely N-dealkylation sites (tertiary alicyclic amines) is 2. The molecule has 3 heterocycles. The number of amides is 2. The van der Waals surface area contributed by atoms with Gasteiger partial charge in [-0.25, -0.2) is 4.39 Å². The Labute approximate surface area is 164 Å². The van der Waals surface area contributed by atoms with Crippen molar-refractivity contribution in [1.29, 1.82) is 0 Å².